The number of hydrogen-bond donors (Lipinski definition) is 1. The van der Waals surface area contributed by atoms with Crippen LogP contribution in [0, 0.1) is 0 Å². The first-order valence-electron chi connectivity index (χ1n) is 5.38. The molecule has 2 N–H and O–H groups in total. The first-order valence-corrected chi connectivity index (χ1v) is 5.38. The molecule has 0 spiro atoms. The molecule has 0 atom stereocenters. The molecule has 0 saturated heterocycles. The van der Waals surface area contributed by atoms with Crippen molar-refractivity contribution in [1.29, 1.82) is 0 Å². The average Bonchev–Trinajstić information content (AvgIpc) is 2.79. The van der Waals surface area contributed by atoms with Crippen LogP contribution in [0.2, 0.25) is 0 Å². The highest BCUT2D eigenvalue weighted by Gasteiger charge is 2.38. The Labute approximate surface area is 89.9 Å². The molecule has 2 rings (SSSR count). The van der Waals surface area contributed by atoms with E-state index in [2.05, 4.69) is 9.97 Å². The van der Waals surface area contributed by atoms with E-state index in [1.807, 2.05) is 6.07 Å². The van der Waals surface area contributed by atoms with Crippen LogP contribution in [0.5, 0.6) is 0 Å². The zero-order valence-corrected chi connectivity index (χ0v) is 9.07. The standard InChI is InChI=1S/C11H17N3O/c1-15-11(5-2-3-6-11)10-13-7-4-9(8-12)14-10/h4,7H,2-3,5-6,8,12H2,1H3. The van der Waals surface area contributed by atoms with Gasteiger partial charge in [-0.1, -0.05) is 0 Å². The Morgan fingerprint density at radius 2 is 2.20 bits per heavy atom. The molecule has 4 nitrogen and oxygen atoms in total. The summed E-state index contributed by atoms with van der Waals surface area (Å²) in [4.78, 5) is 8.78. The number of aromatic nitrogens is 2. The quantitative estimate of drug-likeness (QED) is 0.812. The van der Waals surface area contributed by atoms with Crippen molar-refractivity contribution in [2.75, 3.05) is 7.11 Å². The van der Waals surface area contributed by atoms with Gasteiger partial charge in [0.1, 0.15) is 5.60 Å². The minimum Gasteiger partial charge on any atom is -0.370 e. The lowest BCUT2D eigenvalue weighted by Gasteiger charge is -2.25. The summed E-state index contributed by atoms with van der Waals surface area (Å²) < 4.78 is 5.62. The van der Waals surface area contributed by atoms with E-state index < -0.39 is 0 Å². The van der Waals surface area contributed by atoms with Gasteiger partial charge in [0.25, 0.3) is 0 Å². The van der Waals surface area contributed by atoms with Gasteiger partial charge in [0, 0.05) is 19.9 Å². The summed E-state index contributed by atoms with van der Waals surface area (Å²) >= 11 is 0. The molecule has 0 aromatic carbocycles. The highest BCUT2D eigenvalue weighted by Crippen LogP contribution is 2.39. The van der Waals surface area contributed by atoms with Crippen LogP contribution in [0.1, 0.15) is 37.2 Å². The molecule has 0 radical (unpaired) electrons. The second-order valence-corrected chi connectivity index (χ2v) is 3.98. The summed E-state index contributed by atoms with van der Waals surface area (Å²) in [6, 6.07) is 1.85. The predicted octanol–water partition coefficient (Wildman–Crippen LogP) is 1.35. The van der Waals surface area contributed by atoms with Crippen molar-refractivity contribution in [3.8, 4) is 0 Å². The molecule has 0 amide bonds. The molecular weight excluding hydrogens is 190 g/mol. The predicted molar refractivity (Wildman–Crippen MR) is 57.1 cm³/mol. The van der Waals surface area contributed by atoms with Crippen molar-refractivity contribution >= 4 is 0 Å². The third kappa shape index (κ3) is 1.87. The van der Waals surface area contributed by atoms with Crippen LogP contribution in [-0.2, 0) is 16.9 Å². The first-order chi connectivity index (χ1) is 7.30. The molecule has 1 saturated carbocycles. The molecule has 0 bridgehead atoms. The van der Waals surface area contributed by atoms with Gasteiger partial charge in [0.15, 0.2) is 5.82 Å². The van der Waals surface area contributed by atoms with E-state index in [0.717, 1.165) is 24.4 Å². The topological polar surface area (TPSA) is 61.0 Å². The molecule has 1 aliphatic carbocycles. The second kappa shape index (κ2) is 4.24. The van der Waals surface area contributed by atoms with Gasteiger partial charge in [-0.15, -0.1) is 0 Å². The average molecular weight is 207 g/mol. The van der Waals surface area contributed by atoms with Crippen molar-refractivity contribution in [3.05, 3.63) is 23.8 Å². The third-order valence-electron chi connectivity index (χ3n) is 3.13. The van der Waals surface area contributed by atoms with Crippen molar-refractivity contribution in [3.63, 3.8) is 0 Å². The monoisotopic (exact) mass is 207 g/mol. The highest BCUT2D eigenvalue weighted by molar-refractivity contribution is 5.10. The van der Waals surface area contributed by atoms with E-state index in [9.17, 15) is 0 Å². The molecule has 1 aromatic rings. The summed E-state index contributed by atoms with van der Waals surface area (Å²) in [7, 11) is 1.74. The fraction of sp³-hybridized carbons (Fsp3) is 0.636. The van der Waals surface area contributed by atoms with Crippen LogP contribution in [0.15, 0.2) is 12.3 Å². The van der Waals surface area contributed by atoms with Gasteiger partial charge >= 0.3 is 0 Å². The van der Waals surface area contributed by atoms with Crippen molar-refractivity contribution in [2.45, 2.75) is 37.8 Å². The molecule has 0 unspecified atom stereocenters. The van der Waals surface area contributed by atoms with Gasteiger partial charge < -0.3 is 10.5 Å². The molecule has 1 aliphatic rings. The lowest BCUT2D eigenvalue weighted by Crippen LogP contribution is -2.27. The van der Waals surface area contributed by atoms with Crippen LogP contribution >= 0.6 is 0 Å². The maximum Gasteiger partial charge on any atom is 0.160 e. The molecule has 0 aliphatic heterocycles. The maximum atomic E-state index is 5.62. The molecule has 1 heterocycles. The fourth-order valence-electron chi connectivity index (χ4n) is 2.19. The Hall–Kier alpha value is -1.00. The van der Waals surface area contributed by atoms with Crippen molar-refractivity contribution in [1.82, 2.24) is 9.97 Å². The third-order valence-corrected chi connectivity index (χ3v) is 3.13. The molecule has 4 heteroatoms. The van der Waals surface area contributed by atoms with E-state index in [1.54, 1.807) is 13.3 Å². The Bertz CT molecular complexity index is 334. The van der Waals surface area contributed by atoms with E-state index in [0.29, 0.717) is 6.54 Å². The number of rotatable bonds is 3. The van der Waals surface area contributed by atoms with Crippen molar-refractivity contribution in [2.24, 2.45) is 5.73 Å². The van der Waals surface area contributed by atoms with Crippen LogP contribution in [0.4, 0.5) is 0 Å². The minimum absolute atomic E-state index is 0.259. The zero-order chi connectivity index (χ0) is 10.7. The maximum absolute atomic E-state index is 5.62. The van der Waals surface area contributed by atoms with Gasteiger partial charge in [-0.2, -0.15) is 0 Å². The summed E-state index contributed by atoms with van der Waals surface area (Å²) in [6.45, 7) is 0.454. The highest BCUT2D eigenvalue weighted by atomic mass is 16.5. The first kappa shape index (κ1) is 10.5. The lowest BCUT2D eigenvalue weighted by atomic mass is 10.0. The van der Waals surface area contributed by atoms with Gasteiger partial charge in [-0.3, -0.25) is 0 Å². The summed E-state index contributed by atoms with van der Waals surface area (Å²) in [5, 5.41) is 0. The van der Waals surface area contributed by atoms with Crippen LogP contribution in [-0.4, -0.2) is 17.1 Å². The molecule has 15 heavy (non-hydrogen) atoms. The van der Waals surface area contributed by atoms with Gasteiger partial charge in [-0.05, 0) is 31.7 Å². The fourth-order valence-corrected chi connectivity index (χ4v) is 2.19. The van der Waals surface area contributed by atoms with Crippen LogP contribution in [0.25, 0.3) is 0 Å². The summed E-state index contributed by atoms with van der Waals surface area (Å²) in [5.41, 5.74) is 6.19. The Kier molecular flexibility index (Phi) is 2.98. The van der Waals surface area contributed by atoms with E-state index >= 15 is 0 Å². The summed E-state index contributed by atoms with van der Waals surface area (Å²) in [5.74, 6) is 0.797. The molecular formula is C11H17N3O. The number of methoxy groups -OCH3 is 1. The van der Waals surface area contributed by atoms with Crippen LogP contribution < -0.4 is 5.73 Å². The second-order valence-electron chi connectivity index (χ2n) is 3.98. The summed E-state index contributed by atoms with van der Waals surface area (Å²) in [6.07, 6.45) is 6.16. The van der Waals surface area contributed by atoms with E-state index in [-0.39, 0.29) is 5.60 Å². The van der Waals surface area contributed by atoms with Gasteiger partial charge in [0.05, 0.1) is 5.69 Å². The number of hydrogen-bond acceptors (Lipinski definition) is 4. The number of ether oxygens (including phenoxy) is 1. The van der Waals surface area contributed by atoms with Crippen molar-refractivity contribution < 1.29 is 4.74 Å². The number of nitrogens with two attached hydrogens (primary N) is 1. The lowest BCUT2D eigenvalue weighted by molar-refractivity contribution is -0.0164. The van der Waals surface area contributed by atoms with E-state index in [4.69, 9.17) is 10.5 Å². The SMILES string of the molecule is COC1(c2nccc(CN)n2)CCCC1. The smallest absolute Gasteiger partial charge is 0.160 e. The molecule has 1 aromatic heterocycles. The normalized spacial score (nSPS) is 19.3. The van der Waals surface area contributed by atoms with Crippen LogP contribution in [0.3, 0.4) is 0 Å². The molecule has 1 fully saturated rings. The Balaban J connectivity index is 2.33. The minimum atomic E-state index is -0.259. The zero-order valence-electron chi connectivity index (χ0n) is 9.07. The Morgan fingerprint density at radius 3 is 2.80 bits per heavy atom. The van der Waals surface area contributed by atoms with Gasteiger partial charge in [-0.25, -0.2) is 9.97 Å². The van der Waals surface area contributed by atoms with Gasteiger partial charge in [0.2, 0.25) is 0 Å². The molecule has 82 valence electrons. The van der Waals surface area contributed by atoms with E-state index in [1.165, 1.54) is 12.8 Å². The Morgan fingerprint density at radius 1 is 1.47 bits per heavy atom. The largest absolute Gasteiger partial charge is 0.370 e. The number of nitrogens with zero attached hydrogens (tertiary/aromatic N) is 2.